The fraction of sp³-hybridized carbons (Fsp3) is 0.516. The Morgan fingerprint density at radius 1 is 1.11 bits per heavy atom. The average molecular weight is 652 g/mol. The van der Waals surface area contributed by atoms with E-state index in [2.05, 4.69) is 25.5 Å². The second-order valence-electron chi connectivity index (χ2n) is 13.6. The highest BCUT2D eigenvalue weighted by Gasteiger charge is 2.71. The number of rotatable bonds is 7. The molecular formula is C31H32F7N7O. The Bertz CT molecular complexity index is 1880. The van der Waals surface area contributed by atoms with E-state index < -0.39 is 70.4 Å². The Morgan fingerprint density at radius 2 is 1.85 bits per heavy atom. The van der Waals surface area contributed by atoms with Crippen molar-refractivity contribution in [1.29, 1.82) is 0 Å². The number of aromatic amines is 1. The number of ether oxygens (including phenoxy) is 1. The molecule has 1 saturated carbocycles. The predicted molar refractivity (Wildman–Crippen MR) is 157 cm³/mol. The van der Waals surface area contributed by atoms with Crippen LogP contribution in [0, 0.1) is 24.0 Å². The minimum atomic E-state index is -4.96. The monoisotopic (exact) mass is 651 g/mol. The second kappa shape index (κ2) is 10.1. The average Bonchev–Trinajstić information content (AvgIpc) is 3.22. The van der Waals surface area contributed by atoms with Gasteiger partial charge in [-0.1, -0.05) is 0 Å². The Morgan fingerprint density at radius 3 is 2.50 bits per heavy atom. The Labute approximate surface area is 259 Å². The topological polar surface area (TPSA) is 82.2 Å². The standard InChI is InChI=1S/C31H32F7N7O/c1-15-7-20-18(9-39-43-20)21(23(15)31(36,37)38)22-19(32)8-17-25(24(22)33)40-27(46-14-29(13-44(3)4)11-30(29,34)35)41-26(17)45-10-16-5-6-28(2,12-45)42-16/h7-9,16,42H,5-6,10-14H2,1-4H3,(H,39,43)/t16-,28-,29-/m1/s1. The number of nitrogens with zero attached hydrogens (tertiary/aromatic N) is 5. The molecule has 2 bridgehead atoms. The van der Waals surface area contributed by atoms with Crippen LogP contribution in [0.5, 0.6) is 6.01 Å². The van der Waals surface area contributed by atoms with Gasteiger partial charge in [0.05, 0.1) is 28.3 Å². The van der Waals surface area contributed by atoms with Gasteiger partial charge in [-0.2, -0.15) is 28.2 Å². The number of halogens is 7. The van der Waals surface area contributed by atoms with Crippen molar-refractivity contribution in [2.75, 3.05) is 45.2 Å². The summed E-state index contributed by atoms with van der Waals surface area (Å²) < 4.78 is 111. The van der Waals surface area contributed by atoms with Crippen LogP contribution in [0.25, 0.3) is 32.9 Å². The fourth-order valence-electron chi connectivity index (χ4n) is 7.41. The first-order chi connectivity index (χ1) is 21.5. The lowest BCUT2D eigenvalue weighted by molar-refractivity contribution is -0.137. The molecule has 246 valence electrons. The number of aryl methyl sites for hydroxylation is 1. The molecule has 2 saturated heterocycles. The van der Waals surface area contributed by atoms with Crippen molar-refractivity contribution in [3.63, 3.8) is 0 Å². The zero-order valence-corrected chi connectivity index (χ0v) is 25.5. The molecule has 1 aliphatic carbocycles. The molecule has 3 atom stereocenters. The molecule has 15 heteroatoms. The summed E-state index contributed by atoms with van der Waals surface area (Å²) in [5.41, 5.74) is -5.28. The van der Waals surface area contributed by atoms with Gasteiger partial charge < -0.3 is 19.9 Å². The third-order valence-corrected chi connectivity index (χ3v) is 9.50. The predicted octanol–water partition coefficient (Wildman–Crippen LogP) is 6.08. The maximum absolute atomic E-state index is 16.8. The first kappa shape index (κ1) is 30.9. The molecule has 0 spiro atoms. The molecule has 0 unspecified atom stereocenters. The largest absolute Gasteiger partial charge is 0.463 e. The molecular weight excluding hydrogens is 619 g/mol. The van der Waals surface area contributed by atoms with Crippen LogP contribution in [-0.4, -0.2) is 82.9 Å². The van der Waals surface area contributed by atoms with Crippen molar-refractivity contribution in [2.45, 2.75) is 56.8 Å². The minimum absolute atomic E-state index is 0.0102. The number of alkyl halides is 5. The number of hydrogen-bond donors (Lipinski definition) is 2. The van der Waals surface area contributed by atoms with Crippen molar-refractivity contribution < 1.29 is 35.5 Å². The Balaban J connectivity index is 1.43. The summed E-state index contributed by atoms with van der Waals surface area (Å²) in [5.74, 6) is -5.48. The third-order valence-electron chi connectivity index (χ3n) is 9.50. The maximum atomic E-state index is 16.8. The number of H-pyrrole nitrogens is 1. The molecule has 2 aliphatic heterocycles. The van der Waals surface area contributed by atoms with Crippen molar-refractivity contribution in [1.82, 2.24) is 30.4 Å². The van der Waals surface area contributed by atoms with E-state index in [1.165, 1.54) is 13.0 Å². The highest BCUT2D eigenvalue weighted by atomic mass is 19.4. The SMILES string of the molecule is Cc1cc2[nH]ncc2c(-c2c(F)cc3c(N4C[C@H]5CC[C@](C)(C4)N5)nc(OC[C@]4(CN(C)C)CC4(F)F)nc3c2F)c1C(F)(F)F. The molecule has 7 rings (SSSR count). The number of piperazine rings is 1. The molecule has 0 radical (unpaired) electrons. The van der Waals surface area contributed by atoms with E-state index in [9.17, 15) is 22.0 Å². The van der Waals surface area contributed by atoms with Gasteiger partial charge >= 0.3 is 12.2 Å². The minimum Gasteiger partial charge on any atom is -0.463 e. The molecule has 3 aliphatic rings. The molecule has 4 aromatic rings. The van der Waals surface area contributed by atoms with Gasteiger partial charge in [-0.15, -0.1) is 0 Å². The van der Waals surface area contributed by atoms with E-state index in [4.69, 9.17) is 4.74 Å². The summed E-state index contributed by atoms with van der Waals surface area (Å²) in [6.07, 6.45) is -2.59. The van der Waals surface area contributed by atoms with Crippen molar-refractivity contribution in [3.8, 4) is 17.1 Å². The van der Waals surface area contributed by atoms with Crippen LogP contribution in [0.4, 0.5) is 36.6 Å². The van der Waals surface area contributed by atoms with Crippen molar-refractivity contribution in [3.05, 3.63) is 41.1 Å². The van der Waals surface area contributed by atoms with Gasteiger partial charge in [-0.05, 0) is 58.5 Å². The summed E-state index contributed by atoms with van der Waals surface area (Å²) in [5, 5.41) is 9.73. The lowest BCUT2D eigenvalue weighted by Crippen LogP contribution is -2.58. The van der Waals surface area contributed by atoms with Gasteiger partial charge in [-0.3, -0.25) is 5.10 Å². The second-order valence-corrected chi connectivity index (χ2v) is 13.6. The first-order valence-electron chi connectivity index (χ1n) is 14.9. The molecule has 3 fully saturated rings. The van der Waals surface area contributed by atoms with Gasteiger partial charge in [0.25, 0.3) is 5.92 Å². The molecule has 2 aromatic carbocycles. The Kier molecular flexibility index (Phi) is 6.81. The number of benzene rings is 2. The summed E-state index contributed by atoms with van der Waals surface area (Å²) >= 11 is 0. The van der Waals surface area contributed by atoms with Crippen LogP contribution in [0.1, 0.15) is 37.3 Å². The summed E-state index contributed by atoms with van der Waals surface area (Å²) in [6.45, 7) is 3.59. The van der Waals surface area contributed by atoms with Gasteiger partial charge in [-0.25, -0.2) is 17.6 Å². The molecule has 4 heterocycles. The summed E-state index contributed by atoms with van der Waals surface area (Å²) in [4.78, 5) is 12.1. The van der Waals surface area contributed by atoms with Crippen LogP contribution >= 0.6 is 0 Å². The van der Waals surface area contributed by atoms with Crippen LogP contribution < -0.4 is 15.0 Å². The van der Waals surface area contributed by atoms with E-state index in [-0.39, 0.29) is 45.8 Å². The lowest BCUT2D eigenvalue weighted by Gasteiger charge is -2.40. The number of aromatic nitrogens is 4. The van der Waals surface area contributed by atoms with E-state index in [1.807, 2.05) is 11.8 Å². The zero-order valence-electron chi connectivity index (χ0n) is 25.5. The van der Waals surface area contributed by atoms with E-state index in [0.717, 1.165) is 25.1 Å². The quantitative estimate of drug-likeness (QED) is 0.235. The number of nitrogens with one attached hydrogen (secondary N) is 2. The highest BCUT2D eigenvalue weighted by molar-refractivity contribution is 6.01. The number of hydrogen-bond acceptors (Lipinski definition) is 7. The summed E-state index contributed by atoms with van der Waals surface area (Å²) in [7, 11) is 3.31. The van der Waals surface area contributed by atoms with E-state index in [1.54, 1.807) is 19.0 Å². The molecule has 8 nitrogen and oxygen atoms in total. The van der Waals surface area contributed by atoms with Crippen LogP contribution in [0.2, 0.25) is 0 Å². The summed E-state index contributed by atoms with van der Waals surface area (Å²) in [6, 6.07) is 1.79. The maximum Gasteiger partial charge on any atom is 0.417 e. The highest BCUT2D eigenvalue weighted by Crippen LogP contribution is 2.60. The smallest absolute Gasteiger partial charge is 0.417 e. The van der Waals surface area contributed by atoms with Crippen molar-refractivity contribution >= 4 is 27.6 Å². The first-order valence-corrected chi connectivity index (χ1v) is 14.9. The van der Waals surface area contributed by atoms with Gasteiger partial charge in [0.1, 0.15) is 23.8 Å². The van der Waals surface area contributed by atoms with Gasteiger partial charge in [0, 0.05) is 54.0 Å². The Hall–Kier alpha value is -3.72. The van der Waals surface area contributed by atoms with Crippen LogP contribution in [0.15, 0.2) is 18.3 Å². The van der Waals surface area contributed by atoms with E-state index in [0.29, 0.717) is 13.1 Å². The van der Waals surface area contributed by atoms with E-state index >= 15 is 8.78 Å². The van der Waals surface area contributed by atoms with Gasteiger partial charge in [0.15, 0.2) is 5.82 Å². The number of anilines is 1. The molecule has 46 heavy (non-hydrogen) atoms. The molecule has 0 amide bonds. The molecule has 2 aromatic heterocycles. The fourth-order valence-corrected chi connectivity index (χ4v) is 7.41. The van der Waals surface area contributed by atoms with Crippen LogP contribution in [-0.2, 0) is 6.18 Å². The zero-order chi connectivity index (χ0) is 33.0. The normalized spacial score (nSPS) is 25.7. The van der Waals surface area contributed by atoms with Gasteiger partial charge in [0.2, 0.25) is 0 Å². The lowest BCUT2D eigenvalue weighted by atomic mass is 9.90. The van der Waals surface area contributed by atoms with Crippen LogP contribution in [0.3, 0.4) is 0 Å². The third kappa shape index (κ3) is 4.93. The molecule has 2 N–H and O–H groups in total. The number of fused-ring (bicyclic) bond motifs is 4. The van der Waals surface area contributed by atoms with Crippen molar-refractivity contribution in [2.24, 2.45) is 5.41 Å².